The summed E-state index contributed by atoms with van der Waals surface area (Å²) in [6.45, 7) is 0.496. The van der Waals surface area contributed by atoms with Crippen LogP contribution in [0.25, 0.3) is 11.1 Å². The van der Waals surface area contributed by atoms with Gasteiger partial charge in [0, 0.05) is 29.0 Å². The number of hydrogen-bond donors (Lipinski definition) is 1. The van der Waals surface area contributed by atoms with E-state index in [-0.39, 0.29) is 13.2 Å². The SMILES string of the molecule is COc1cc2c(cn1)Oc1ccc(-c3cccnc3F)cc1[C@@]21COCC(N)=N1. The van der Waals surface area contributed by atoms with Gasteiger partial charge in [-0.1, -0.05) is 6.07 Å². The van der Waals surface area contributed by atoms with Gasteiger partial charge in [-0.15, -0.1) is 0 Å². The molecule has 1 atom stereocenters. The number of fused-ring (bicyclic) bond motifs is 4. The van der Waals surface area contributed by atoms with Crippen LogP contribution < -0.4 is 15.2 Å². The number of aromatic nitrogens is 2. The van der Waals surface area contributed by atoms with Gasteiger partial charge in [0.2, 0.25) is 11.8 Å². The van der Waals surface area contributed by atoms with E-state index >= 15 is 0 Å². The van der Waals surface area contributed by atoms with Crippen LogP contribution in [0.3, 0.4) is 0 Å². The number of ether oxygens (including phenoxy) is 3. The number of nitrogens with zero attached hydrogens (tertiary/aromatic N) is 3. The molecule has 1 aromatic carbocycles. The van der Waals surface area contributed by atoms with Crippen LogP contribution in [0.1, 0.15) is 11.1 Å². The number of benzene rings is 1. The molecule has 0 saturated heterocycles. The topological polar surface area (TPSA) is 91.8 Å². The maximum atomic E-state index is 14.3. The van der Waals surface area contributed by atoms with Gasteiger partial charge < -0.3 is 19.9 Å². The smallest absolute Gasteiger partial charge is 0.220 e. The number of amidine groups is 1. The first-order chi connectivity index (χ1) is 14.1. The third kappa shape index (κ3) is 2.72. The molecular weight excluding hydrogens is 375 g/mol. The summed E-state index contributed by atoms with van der Waals surface area (Å²) in [6, 6.07) is 10.5. The van der Waals surface area contributed by atoms with E-state index in [1.165, 1.54) is 13.3 Å². The molecule has 5 rings (SSSR count). The van der Waals surface area contributed by atoms with Gasteiger partial charge in [0.25, 0.3) is 0 Å². The Kier molecular flexibility index (Phi) is 3.95. The molecule has 0 fully saturated rings. The Bertz CT molecular complexity index is 1150. The average molecular weight is 392 g/mol. The Morgan fingerprint density at radius 1 is 1.14 bits per heavy atom. The van der Waals surface area contributed by atoms with E-state index in [4.69, 9.17) is 24.9 Å². The van der Waals surface area contributed by atoms with Crippen LogP contribution in [0.5, 0.6) is 17.4 Å². The number of hydrogen-bond acceptors (Lipinski definition) is 7. The van der Waals surface area contributed by atoms with Gasteiger partial charge in [-0.3, -0.25) is 4.99 Å². The van der Waals surface area contributed by atoms with Crippen molar-refractivity contribution in [2.24, 2.45) is 10.7 Å². The average Bonchev–Trinajstić information content (AvgIpc) is 2.74. The maximum absolute atomic E-state index is 14.3. The zero-order valence-electron chi connectivity index (χ0n) is 15.6. The molecule has 2 N–H and O–H groups in total. The van der Waals surface area contributed by atoms with Crippen molar-refractivity contribution < 1.29 is 18.6 Å². The van der Waals surface area contributed by atoms with Crippen molar-refractivity contribution in [2.75, 3.05) is 20.3 Å². The molecule has 2 aliphatic heterocycles. The van der Waals surface area contributed by atoms with Crippen LogP contribution in [0.15, 0.2) is 53.8 Å². The van der Waals surface area contributed by atoms with Crippen LogP contribution in [-0.2, 0) is 10.3 Å². The first-order valence-electron chi connectivity index (χ1n) is 9.00. The lowest BCUT2D eigenvalue weighted by Gasteiger charge is -2.39. The van der Waals surface area contributed by atoms with Crippen molar-refractivity contribution in [2.45, 2.75) is 5.54 Å². The minimum absolute atomic E-state index is 0.242. The van der Waals surface area contributed by atoms with Crippen LogP contribution >= 0.6 is 0 Å². The summed E-state index contributed by atoms with van der Waals surface area (Å²) in [5, 5.41) is 0. The molecule has 0 aliphatic carbocycles. The van der Waals surface area contributed by atoms with E-state index in [0.29, 0.717) is 34.3 Å². The van der Waals surface area contributed by atoms with Crippen molar-refractivity contribution in [1.82, 2.24) is 9.97 Å². The van der Waals surface area contributed by atoms with Gasteiger partial charge in [-0.25, -0.2) is 9.97 Å². The molecule has 8 heteroatoms. The van der Waals surface area contributed by atoms with E-state index in [1.54, 1.807) is 36.5 Å². The molecule has 0 unspecified atom stereocenters. The van der Waals surface area contributed by atoms with E-state index in [2.05, 4.69) is 9.97 Å². The highest BCUT2D eigenvalue weighted by molar-refractivity contribution is 5.84. The van der Waals surface area contributed by atoms with Crippen LogP contribution in [0.4, 0.5) is 4.39 Å². The number of aliphatic imine (C=N–C) groups is 1. The highest BCUT2D eigenvalue weighted by Gasteiger charge is 2.45. The number of pyridine rings is 2. The van der Waals surface area contributed by atoms with Gasteiger partial charge in [0.1, 0.15) is 23.7 Å². The van der Waals surface area contributed by atoms with Crippen LogP contribution in [0, 0.1) is 5.95 Å². The highest BCUT2D eigenvalue weighted by Crippen LogP contribution is 2.51. The second-order valence-electron chi connectivity index (χ2n) is 6.83. The lowest BCUT2D eigenvalue weighted by Crippen LogP contribution is -2.42. The Morgan fingerprint density at radius 2 is 2.00 bits per heavy atom. The summed E-state index contributed by atoms with van der Waals surface area (Å²) in [6.07, 6.45) is 3.01. The predicted molar refractivity (Wildman–Crippen MR) is 104 cm³/mol. The van der Waals surface area contributed by atoms with E-state index in [9.17, 15) is 4.39 Å². The summed E-state index contributed by atoms with van der Waals surface area (Å²) in [7, 11) is 1.54. The van der Waals surface area contributed by atoms with Crippen LogP contribution in [-0.4, -0.2) is 36.1 Å². The fourth-order valence-corrected chi connectivity index (χ4v) is 3.80. The molecule has 1 spiro atoms. The Hall–Kier alpha value is -3.52. The molecule has 0 amide bonds. The predicted octanol–water partition coefficient (Wildman–Crippen LogP) is 3.03. The van der Waals surface area contributed by atoms with Gasteiger partial charge in [-0.05, 0) is 29.8 Å². The van der Waals surface area contributed by atoms with E-state index in [0.717, 1.165) is 11.1 Å². The molecule has 7 nitrogen and oxygen atoms in total. The molecule has 2 aliphatic rings. The molecule has 2 aromatic heterocycles. The minimum atomic E-state index is -0.948. The Labute approximate surface area is 166 Å². The fourth-order valence-electron chi connectivity index (χ4n) is 3.80. The van der Waals surface area contributed by atoms with Gasteiger partial charge in [0.15, 0.2) is 5.75 Å². The van der Waals surface area contributed by atoms with Gasteiger partial charge in [0.05, 0.1) is 19.9 Å². The summed E-state index contributed by atoms with van der Waals surface area (Å²) < 4.78 is 31.4. The number of rotatable bonds is 2. The minimum Gasteiger partial charge on any atom is -0.481 e. The van der Waals surface area contributed by atoms with Gasteiger partial charge >= 0.3 is 0 Å². The monoisotopic (exact) mass is 392 g/mol. The lowest BCUT2D eigenvalue weighted by molar-refractivity contribution is 0.109. The summed E-state index contributed by atoms with van der Waals surface area (Å²) in [4.78, 5) is 12.8. The van der Waals surface area contributed by atoms with E-state index in [1.807, 2.05) is 6.07 Å². The maximum Gasteiger partial charge on any atom is 0.220 e. The first kappa shape index (κ1) is 17.6. The Morgan fingerprint density at radius 3 is 2.79 bits per heavy atom. The van der Waals surface area contributed by atoms with Crippen LogP contribution in [0.2, 0.25) is 0 Å². The largest absolute Gasteiger partial charge is 0.481 e. The summed E-state index contributed by atoms with van der Waals surface area (Å²) in [5.74, 6) is 1.36. The molecule has 0 radical (unpaired) electrons. The van der Waals surface area contributed by atoms with Crippen molar-refractivity contribution >= 4 is 5.84 Å². The van der Waals surface area contributed by atoms with Crippen molar-refractivity contribution in [1.29, 1.82) is 0 Å². The molecule has 29 heavy (non-hydrogen) atoms. The normalized spacial score (nSPS) is 19.7. The molecule has 3 aromatic rings. The third-order valence-corrected chi connectivity index (χ3v) is 5.11. The summed E-state index contributed by atoms with van der Waals surface area (Å²) in [5.41, 5.74) is 7.61. The fraction of sp³-hybridized carbons (Fsp3) is 0.190. The number of halogens is 1. The first-order valence-corrected chi connectivity index (χ1v) is 9.00. The summed E-state index contributed by atoms with van der Waals surface area (Å²) >= 11 is 0. The third-order valence-electron chi connectivity index (χ3n) is 5.11. The van der Waals surface area contributed by atoms with Crippen molar-refractivity contribution in [3.8, 4) is 28.5 Å². The molecule has 0 saturated carbocycles. The number of methoxy groups -OCH3 is 1. The van der Waals surface area contributed by atoms with E-state index < -0.39 is 11.5 Å². The molecule has 146 valence electrons. The second kappa shape index (κ2) is 6.52. The molecule has 4 heterocycles. The number of nitrogens with two attached hydrogens (primary N) is 1. The second-order valence-corrected chi connectivity index (χ2v) is 6.83. The van der Waals surface area contributed by atoms with Crippen molar-refractivity contribution in [3.63, 3.8) is 0 Å². The van der Waals surface area contributed by atoms with Gasteiger partial charge in [-0.2, -0.15) is 4.39 Å². The Balaban J connectivity index is 1.77. The molecular formula is C21H17FN4O3. The molecule has 0 bridgehead atoms. The highest BCUT2D eigenvalue weighted by atomic mass is 19.1. The zero-order chi connectivity index (χ0) is 20.0. The van der Waals surface area contributed by atoms with Crippen molar-refractivity contribution in [3.05, 3.63) is 65.9 Å². The zero-order valence-corrected chi connectivity index (χ0v) is 15.6. The standard InChI is InChI=1S/C21H17FN4O3/c1-27-19-8-15-17(9-25-19)29-16-5-4-12(13-3-2-6-24-20(13)22)7-14(16)21(15)11-28-10-18(23)26-21/h2-9H,10-11H2,1H3,(H2,23,26)/t21-/m0/s1. The lowest BCUT2D eigenvalue weighted by atomic mass is 9.80. The quantitative estimate of drug-likeness (QED) is 0.674.